The topological polar surface area (TPSA) is 91.8 Å². The van der Waals surface area contributed by atoms with Crippen molar-refractivity contribution in [1.29, 1.82) is 0 Å². The Balaban J connectivity index is 1.48. The first kappa shape index (κ1) is 23.0. The van der Waals surface area contributed by atoms with Gasteiger partial charge in [0.25, 0.3) is 0 Å². The maximum atomic E-state index is 12.3. The van der Waals surface area contributed by atoms with Crippen LogP contribution in [0, 0.1) is 5.41 Å². The second-order valence-electron chi connectivity index (χ2n) is 8.47. The molecule has 0 atom stereocenters. The normalized spacial score (nSPS) is 19.1. The second kappa shape index (κ2) is 10.6. The third-order valence-electron chi connectivity index (χ3n) is 6.09. The molecule has 0 amide bonds. The molecule has 7 nitrogen and oxygen atoms in total. The Morgan fingerprint density at radius 1 is 1.17 bits per heavy atom. The van der Waals surface area contributed by atoms with Gasteiger partial charge in [0, 0.05) is 39.4 Å². The molecule has 3 rings (SSSR count). The highest BCUT2D eigenvalue weighted by Gasteiger charge is 2.33. The minimum absolute atomic E-state index is 0.113. The number of nitrogens with one attached hydrogen (secondary N) is 3. The molecule has 168 valence electrons. The van der Waals surface area contributed by atoms with Crippen LogP contribution in [0.15, 0.2) is 34.2 Å². The van der Waals surface area contributed by atoms with Crippen LogP contribution in [0.25, 0.3) is 0 Å². The standard InChI is InChI=1S/C22H36N4O3S/c1-3-29-15-14-22(12-4-5-13-22)17-25-21(23-2)24-16-18-6-10-20(11-7-18)30(27,28)26-19-8-9-19/h6-7,10-11,19,26H,3-5,8-9,12-17H2,1-2H3,(H2,23,24,25). The van der Waals surface area contributed by atoms with Gasteiger partial charge in [0.05, 0.1) is 4.90 Å². The zero-order valence-electron chi connectivity index (χ0n) is 18.2. The zero-order valence-corrected chi connectivity index (χ0v) is 19.1. The van der Waals surface area contributed by atoms with Crippen molar-refractivity contribution in [3.8, 4) is 0 Å². The first-order chi connectivity index (χ1) is 14.5. The van der Waals surface area contributed by atoms with E-state index < -0.39 is 10.0 Å². The number of sulfonamides is 1. The van der Waals surface area contributed by atoms with Gasteiger partial charge in [0.15, 0.2) is 5.96 Å². The summed E-state index contributed by atoms with van der Waals surface area (Å²) in [4.78, 5) is 4.66. The molecule has 2 aliphatic carbocycles. The molecule has 1 aromatic rings. The number of hydrogen-bond acceptors (Lipinski definition) is 4. The van der Waals surface area contributed by atoms with E-state index >= 15 is 0 Å². The fraction of sp³-hybridized carbons (Fsp3) is 0.682. The first-order valence-corrected chi connectivity index (χ1v) is 12.6. The molecule has 1 aromatic carbocycles. The molecule has 8 heteroatoms. The fourth-order valence-electron chi connectivity index (χ4n) is 4.03. The molecule has 2 fully saturated rings. The van der Waals surface area contributed by atoms with E-state index in [-0.39, 0.29) is 11.5 Å². The average Bonchev–Trinajstić information content (AvgIpc) is 3.42. The molecule has 0 aromatic heterocycles. The van der Waals surface area contributed by atoms with Crippen molar-refractivity contribution in [2.45, 2.75) is 69.4 Å². The van der Waals surface area contributed by atoms with E-state index in [9.17, 15) is 8.42 Å². The van der Waals surface area contributed by atoms with E-state index in [1.165, 1.54) is 25.7 Å². The first-order valence-electron chi connectivity index (χ1n) is 11.1. The SMILES string of the molecule is CCOCCC1(CNC(=NC)NCc2ccc(S(=O)(=O)NC3CC3)cc2)CCCC1. The summed E-state index contributed by atoms with van der Waals surface area (Å²) in [5, 5.41) is 6.83. The predicted molar refractivity (Wildman–Crippen MR) is 120 cm³/mol. The molecule has 30 heavy (non-hydrogen) atoms. The summed E-state index contributed by atoms with van der Waals surface area (Å²) in [6.07, 6.45) is 7.97. The van der Waals surface area contributed by atoms with Gasteiger partial charge in [-0.05, 0) is 62.1 Å². The lowest BCUT2D eigenvalue weighted by molar-refractivity contribution is 0.105. The number of ether oxygens (including phenoxy) is 1. The number of rotatable bonds is 11. The number of nitrogens with zero attached hydrogens (tertiary/aromatic N) is 1. The van der Waals surface area contributed by atoms with E-state index in [0.29, 0.717) is 11.4 Å². The summed E-state index contributed by atoms with van der Waals surface area (Å²) >= 11 is 0. The molecule has 0 aliphatic heterocycles. The Morgan fingerprint density at radius 2 is 1.87 bits per heavy atom. The molecule has 3 N–H and O–H groups in total. The number of hydrogen-bond donors (Lipinski definition) is 3. The van der Waals surface area contributed by atoms with Crippen molar-refractivity contribution in [3.05, 3.63) is 29.8 Å². The highest BCUT2D eigenvalue weighted by Crippen LogP contribution is 2.40. The lowest BCUT2D eigenvalue weighted by Crippen LogP contribution is -2.43. The maximum absolute atomic E-state index is 12.3. The summed E-state index contributed by atoms with van der Waals surface area (Å²) in [5.74, 6) is 0.768. The molecule has 2 saturated carbocycles. The third-order valence-corrected chi connectivity index (χ3v) is 7.63. The second-order valence-corrected chi connectivity index (χ2v) is 10.2. The summed E-state index contributed by atoms with van der Waals surface area (Å²) in [7, 11) is -1.63. The van der Waals surface area contributed by atoms with Crippen LogP contribution in [-0.4, -0.2) is 47.2 Å². The molecule has 0 radical (unpaired) electrons. The summed E-state index contributed by atoms with van der Waals surface area (Å²) in [6, 6.07) is 7.14. The van der Waals surface area contributed by atoms with Crippen molar-refractivity contribution in [2.24, 2.45) is 10.4 Å². The molecule has 0 saturated heterocycles. The van der Waals surface area contributed by atoms with Crippen LogP contribution in [0.3, 0.4) is 0 Å². The minimum Gasteiger partial charge on any atom is -0.382 e. The average molecular weight is 437 g/mol. The van der Waals surface area contributed by atoms with Gasteiger partial charge in [-0.3, -0.25) is 4.99 Å². The van der Waals surface area contributed by atoms with Crippen LogP contribution in [0.5, 0.6) is 0 Å². The monoisotopic (exact) mass is 436 g/mol. The highest BCUT2D eigenvalue weighted by atomic mass is 32.2. The maximum Gasteiger partial charge on any atom is 0.240 e. The summed E-state index contributed by atoms with van der Waals surface area (Å²) in [5.41, 5.74) is 1.30. The summed E-state index contributed by atoms with van der Waals surface area (Å²) < 4.78 is 32.9. The Kier molecular flexibility index (Phi) is 8.13. The van der Waals surface area contributed by atoms with E-state index in [0.717, 1.165) is 50.5 Å². The van der Waals surface area contributed by atoms with Crippen molar-refractivity contribution in [1.82, 2.24) is 15.4 Å². The molecule has 0 spiro atoms. The van der Waals surface area contributed by atoms with E-state index in [2.05, 4.69) is 20.3 Å². The number of guanidine groups is 1. The molecular weight excluding hydrogens is 400 g/mol. The van der Waals surface area contributed by atoms with Crippen molar-refractivity contribution < 1.29 is 13.2 Å². The lowest BCUT2D eigenvalue weighted by atomic mass is 9.83. The van der Waals surface area contributed by atoms with Crippen LogP contribution in [0.2, 0.25) is 0 Å². The smallest absolute Gasteiger partial charge is 0.240 e. The Bertz CT molecular complexity index is 798. The molecule has 0 heterocycles. The molecule has 2 aliphatic rings. The molecular formula is C22H36N4O3S. The van der Waals surface area contributed by atoms with Gasteiger partial charge in [0.1, 0.15) is 0 Å². The van der Waals surface area contributed by atoms with Crippen LogP contribution < -0.4 is 15.4 Å². The van der Waals surface area contributed by atoms with E-state index in [4.69, 9.17) is 4.74 Å². The molecule has 0 unspecified atom stereocenters. The lowest BCUT2D eigenvalue weighted by Gasteiger charge is -2.30. The van der Waals surface area contributed by atoms with Gasteiger partial charge in [-0.1, -0.05) is 25.0 Å². The van der Waals surface area contributed by atoms with Crippen LogP contribution in [-0.2, 0) is 21.3 Å². The van der Waals surface area contributed by atoms with Crippen LogP contribution in [0.4, 0.5) is 0 Å². The zero-order chi connectivity index (χ0) is 21.5. The van der Waals surface area contributed by atoms with Crippen molar-refractivity contribution in [2.75, 3.05) is 26.8 Å². The van der Waals surface area contributed by atoms with Gasteiger partial charge in [-0.15, -0.1) is 0 Å². The summed E-state index contributed by atoms with van der Waals surface area (Å²) in [6.45, 7) is 5.10. The third kappa shape index (κ3) is 6.68. The quantitative estimate of drug-likeness (QED) is 0.282. The van der Waals surface area contributed by atoms with Gasteiger partial charge >= 0.3 is 0 Å². The minimum atomic E-state index is -3.40. The predicted octanol–water partition coefficient (Wildman–Crippen LogP) is 2.78. The van der Waals surface area contributed by atoms with Crippen LogP contribution >= 0.6 is 0 Å². The van der Waals surface area contributed by atoms with Crippen LogP contribution in [0.1, 0.15) is 57.4 Å². The van der Waals surface area contributed by atoms with Crippen molar-refractivity contribution >= 4 is 16.0 Å². The largest absolute Gasteiger partial charge is 0.382 e. The van der Waals surface area contributed by atoms with E-state index in [1.54, 1.807) is 19.2 Å². The van der Waals surface area contributed by atoms with Gasteiger partial charge in [0.2, 0.25) is 10.0 Å². The Morgan fingerprint density at radius 3 is 2.47 bits per heavy atom. The fourth-order valence-corrected chi connectivity index (χ4v) is 5.33. The van der Waals surface area contributed by atoms with Gasteiger partial charge in [-0.2, -0.15) is 0 Å². The number of aliphatic imine (C=N–C) groups is 1. The van der Waals surface area contributed by atoms with E-state index in [1.807, 2.05) is 19.1 Å². The van der Waals surface area contributed by atoms with Crippen molar-refractivity contribution in [3.63, 3.8) is 0 Å². The van der Waals surface area contributed by atoms with Gasteiger partial charge in [-0.25, -0.2) is 13.1 Å². The molecule has 0 bridgehead atoms. The number of benzene rings is 1. The Hall–Kier alpha value is -1.64. The van der Waals surface area contributed by atoms with Gasteiger partial charge < -0.3 is 15.4 Å². The highest BCUT2D eigenvalue weighted by molar-refractivity contribution is 7.89. The Labute approximate surface area is 181 Å².